The first-order chi connectivity index (χ1) is 14.9. The third kappa shape index (κ3) is 5.07. The molecule has 8 heteroatoms. The van der Waals surface area contributed by atoms with Crippen LogP contribution < -0.4 is 4.74 Å². The number of rotatable bonds is 6. The maximum Gasteiger partial charge on any atom is 0.243 e. The van der Waals surface area contributed by atoms with E-state index in [2.05, 4.69) is 0 Å². The summed E-state index contributed by atoms with van der Waals surface area (Å²) in [6, 6.07) is 18.9. The summed E-state index contributed by atoms with van der Waals surface area (Å²) < 4.78 is 52.5. The smallest absolute Gasteiger partial charge is 0.243 e. The lowest BCUT2D eigenvalue weighted by molar-refractivity contribution is 0.107. The maximum atomic E-state index is 13.5. The second-order valence-corrected chi connectivity index (χ2v) is 9.53. The number of benzene rings is 3. The molecule has 0 aromatic heterocycles. The minimum Gasteiger partial charge on any atom is -0.492 e. The van der Waals surface area contributed by atoms with Gasteiger partial charge in [0.15, 0.2) is 0 Å². The lowest BCUT2D eigenvalue weighted by Gasteiger charge is -2.20. The molecule has 0 unspecified atom stereocenters. The van der Waals surface area contributed by atoms with Gasteiger partial charge in [-0.25, -0.2) is 12.8 Å². The lowest BCUT2D eigenvalue weighted by Crippen LogP contribution is -2.32. The molecule has 0 saturated heterocycles. The minimum atomic E-state index is -3.86. The molecule has 0 aliphatic carbocycles. The predicted octanol–water partition coefficient (Wildman–Crippen LogP) is 4.78. The van der Waals surface area contributed by atoms with Crippen LogP contribution in [0, 0.1) is 5.82 Å². The van der Waals surface area contributed by atoms with E-state index in [4.69, 9.17) is 21.1 Å². The highest BCUT2D eigenvalue weighted by Crippen LogP contribution is 2.29. The number of nitrogens with zero attached hydrogens (tertiary/aromatic N) is 1. The van der Waals surface area contributed by atoms with Gasteiger partial charge in [0.1, 0.15) is 18.2 Å². The van der Waals surface area contributed by atoms with Crippen LogP contribution >= 0.6 is 11.6 Å². The number of hydrogen-bond donors (Lipinski definition) is 0. The maximum absolute atomic E-state index is 13.5. The van der Waals surface area contributed by atoms with E-state index in [0.29, 0.717) is 19.0 Å². The Hall–Kier alpha value is -2.45. The van der Waals surface area contributed by atoms with Gasteiger partial charge in [-0.05, 0) is 41.5 Å². The molecule has 162 valence electrons. The number of sulfonamides is 1. The average Bonchev–Trinajstić information content (AvgIpc) is 2.99. The Balaban J connectivity index is 1.50. The fourth-order valence-corrected chi connectivity index (χ4v) is 5.04. The van der Waals surface area contributed by atoms with E-state index in [1.54, 1.807) is 0 Å². The summed E-state index contributed by atoms with van der Waals surface area (Å²) in [5, 5.41) is -0.231. The van der Waals surface area contributed by atoms with Crippen molar-refractivity contribution in [3.05, 3.63) is 94.3 Å². The van der Waals surface area contributed by atoms with Crippen molar-refractivity contribution in [1.29, 1.82) is 0 Å². The van der Waals surface area contributed by atoms with E-state index in [0.717, 1.165) is 28.8 Å². The van der Waals surface area contributed by atoms with Crippen LogP contribution in [0.2, 0.25) is 5.02 Å². The van der Waals surface area contributed by atoms with Crippen LogP contribution in [0.15, 0.2) is 71.6 Å². The quantitative estimate of drug-likeness (QED) is 0.530. The van der Waals surface area contributed by atoms with Crippen molar-refractivity contribution in [2.75, 3.05) is 13.2 Å². The van der Waals surface area contributed by atoms with Crippen molar-refractivity contribution < 1.29 is 22.3 Å². The normalized spacial score (nSPS) is 14.5. The van der Waals surface area contributed by atoms with Crippen molar-refractivity contribution in [2.45, 2.75) is 24.7 Å². The zero-order valence-corrected chi connectivity index (χ0v) is 18.2. The third-order valence-corrected chi connectivity index (χ3v) is 7.11. The fraction of sp³-hybridized carbons (Fsp3) is 0.217. The molecule has 0 spiro atoms. The molecule has 1 aliphatic rings. The molecule has 0 radical (unpaired) electrons. The SMILES string of the molecule is O=S(=O)(c1ccc(F)c(Cl)c1)N1CCOc2ccc(COCc3ccccc3)cc2C1. The van der Waals surface area contributed by atoms with Gasteiger partial charge < -0.3 is 9.47 Å². The summed E-state index contributed by atoms with van der Waals surface area (Å²) in [5.74, 6) is -0.0213. The van der Waals surface area contributed by atoms with Gasteiger partial charge in [-0.1, -0.05) is 48.0 Å². The average molecular weight is 462 g/mol. The molecule has 5 nitrogen and oxygen atoms in total. The number of ether oxygens (including phenoxy) is 2. The molecular formula is C23H21ClFNO4S. The second-order valence-electron chi connectivity index (χ2n) is 7.18. The Bertz CT molecular complexity index is 1170. The molecule has 1 aliphatic heterocycles. The molecule has 3 aromatic rings. The topological polar surface area (TPSA) is 55.8 Å². The summed E-state index contributed by atoms with van der Waals surface area (Å²) in [6.45, 7) is 1.40. The number of halogens is 2. The highest BCUT2D eigenvalue weighted by atomic mass is 35.5. The van der Waals surface area contributed by atoms with Gasteiger partial charge in [0.25, 0.3) is 0 Å². The Labute approximate surface area is 186 Å². The van der Waals surface area contributed by atoms with Gasteiger partial charge in [-0.15, -0.1) is 0 Å². The molecule has 0 saturated carbocycles. The lowest BCUT2D eigenvalue weighted by atomic mass is 10.1. The Morgan fingerprint density at radius 2 is 1.77 bits per heavy atom. The highest BCUT2D eigenvalue weighted by Gasteiger charge is 2.28. The van der Waals surface area contributed by atoms with Crippen molar-refractivity contribution in [1.82, 2.24) is 4.31 Å². The molecule has 0 amide bonds. The second kappa shape index (κ2) is 9.36. The van der Waals surface area contributed by atoms with Crippen LogP contribution in [0.25, 0.3) is 0 Å². The summed E-state index contributed by atoms with van der Waals surface area (Å²) in [5.41, 5.74) is 2.74. The molecule has 0 bridgehead atoms. The van der Waals surface area contributed by atoms with E-state index in [1.807, 2.05) is 48.5 Å². The summed E-state index contributed by atoms with van der Waals surface area (Å²) in [4.78, 5) is -0.0512. The molecule has 3 aromatic carbocycles. The first-order valence-electron chi connectivity index (χ1n) is 9.75. The van der Waals surface area contributed by atoms with Gasteiger partial charge in [-0.3, -0.25) is 0 Å². The monoisotopic (exact) mass is 461 g/mol. The molecular weight excluding hydrogens is 441 g/mol. The van der Waals surface area contributed by atoms with Crippen molar-refractivity contribution >= 4 is 21.6 Å². The zero-order valence-electron chi connectivity index (χ0n) is 16.6. The standard InChI is InChI=1S/C23H21ClFNO4S/c24-21-13-20(7-8-22(21)25)31(27,28)26-10-11-30-23-9-6-18(12-19(23)14-26)16-29-15-17-4-2-1-3-5-17/h1-9,12-13H,10-11,14-16H2. The van der Waals surface area contributed by atoms with Gasteiger partial charge >= 0.3 is 0 Å². The summed E-state index contributed by atoms with van der Waals surface area (Å²) in [7, 11) is -3.86. The van der Waals surface area contributed by atoms with Crippen molar-refractivity contribution in [3.63, 3.8) is 0 Å². The van der Waals surface area contributed by atoms with E-state index < -0.39 is 15.8 Å². The number of fused-ring (bicyclic) bond motifs is 1. The van der Waals surface area contributed by atoms with Crippen molar-refractivity contribution in [3.8, 4) is 5.75 Å². The fourth-order valence-electron chi connectivity index (χ4n) is 3.37. The predicted molar refractivity (Wildman–Crippen MR) is 116 cm³/mol. The highest BCUT2D eigenvalue weighted by molar-refractivity contribution is 7.89. The van der Waals surface area contributed by atoms with E-state index in [-0.39, 0.29) is 29.6 Å². The van der Waals surface area contributed by atoms with Crippen LogP contribution in [-0.4, -0.2) is 25.9 Å². The molecule has 0 atom stereocenters. The first-order valence-corrected chi connectivity index (χ1v) is 11.6. The van der Waals surface area contributed by atoms with Gasteiger partial charge in [0.2, 0.25) is 10.0 Å². The molecule has 1 heterocycles. The third-order valence-electron chi connectivity index (χ3n) is 4.98. The van der Waals surface area contributed by atoms with Crippen LogP contribution in [0.4, 0.5) is 4.39 Å². The minimum absolute atomic E-state index is 0.0512. The zero-order chi connectivity index (χ0) is 21.8. The molecule has 4 rings (SSSR count). The first kappa shape index (κ1) is 21.8. The van der Waals surface area contributed by atoms with Gasteiger partial charge in [-0.2, -0.15) is 4.31 Å². The Morgan fingerprint density at radius 3 is 2.55 bits per heavy atom. The summed E-state index contributed by atoms with van der Waals surface area (Å²) in [6.07, 6.45) is 0. The molecule has 0 N–H and O–H groups in total. The van der Waals surface area contributed by atoms with Gasteiger partial charge in [0.05, 0.1) is 23.1 Å². The molecule has 31 heavy (non-hydrogen) atoms. The van der Waals surface area contributed by atoms with Crippen molar-refractivity contribution in [2.24, 2.45) is 0 Å². The van der Waals surface area contributed by atoms with Crippen LogP contribution in [0.5, 0.6) is 5.75 Å². The van der Waals surface area contributed by atoms with Crippen LogP contribution in [0.3, 0.4) is 0 Å². The molecule has 0 fully saturated rings. The van der Waals surface area contributed by atoms with Gasteiger partial charge in [0, 0.05) is 18.7 Å². The van der Waals surface area contributed by atoms with Crippen LogP contribution in [-0.2, 0) is 34.5 Å². The summed E-state index contributed by atoms with van der Waals surface area (Å²) >= 11 is 5.79. The Kier molecular flexibility index (Phi) is 6.57. The van der Waals surface area contributed by atoms with E-state index in [1.165, 1.54) is 10.4 Å². The largest absolute Gasteiger partial charge is 0.492 e. The van der Waals surface area contributed by atoms with Crippen LogP contribution in [0.1, 0.15) is 16.7 Å². The van der Waals surface area contributed by atoms with E-state index >= 15 is 0 Å². The van der Waals surface area contributed by atoms with E-state index in [9.17, 15) is 12.8 Å². The Morgan fingerprint density at radius 1 is 1.00 bits per heavy atom. The number of hydrogen-bond acceptors (Lipinski definition) is 4.